The Morgan fingerprint density at radius 3 is 2.30 bits per heavy atom. The molecule has 1 atom stereocenters. The lowest BCUT2D eigenvalue weighted by molar-refractivity contribution is 0.169. The molecule has 0 aliphatic heterocycles. The Balaban J connectivity index is 2.69. The lowest BCUT2D eigenvalue weighted by Crippen LogP contribution is -2.48. The normalized spacial score (nSPS) is 14.1. The zero-order chi connectivity index (χ0) is 15.3. The average molecular weight is 341 g/mol. The second-order valence-corrected chi connectivity index (χ2v) is 7.80. The average Bonchev–Trinajstić information content (AvgIpc) is 2.30. The maximum absolute atomic E-state index is 3.64. The molecule has 1 unspecified atom stereocenters. The van der Waals surface area contributed by atoms with Gasteiger partial charge in [-0.1, -0.05) is 48.0 Å². The van der Waals surface area contributed by atoms with Crippen LogP contribution in [0.3, 0.4) is 0 Å². The van der Waals surface area contributed by atoms with Crippen LogP contribution >= 0.6 is 15.9 Å². The summed E-state index contributed by atoms with van der Waals surface area (Å²) < 4.78 is 1.19. The second-order valence-electron chi connectivity index (χ2n) is 6.95. The van der Waals surface area contributed by atoms with Crippen molar-refractivity contribution >= 4 is 15.9 Å². The van der Waals surface area contributed by atoms with Crippen LogP contribution in [0.1, 0.15) is 40.2 Å². The lowest BCUT2D eigenvalue weighted by Gasteiger charge is -2.34. The Hall–Kier alpha value is -0.380. The topological polar surface area (TPSA) is 15.3 Å². The van der Waals surface area contributed by atoms with Gasteiger partial charge >= 0.3 is 0 Å². The maximum Gasteiger partial charge on any atom is 0.0245 e. The molecule has 114 valence electrons. The van der Waals surface area contributed by atoms with E-state index < -0.39 is 0 Å². The molecule has 1 aromatic rings. The van der Waals surface area contributed by atoms with Crippen LogP contribution in [0.5, 0.6) is 0 Å². The van der Waals surface area contributed by atoms with Gasteiger partial charge in [0.1, 0.15) is 0 Å². The number of nitrogens with zero attached hydrogens (tertiary/aromatic N) is 1. The Morgan fingerprint density at radius 1 is 1.20 bits per heavy atom. The van der Waals surface area contributed by atoms with E-state index in [0.717, 1.165) is 13.1 Å². The summed E-state index contributed by atoms with van der Waals surface area (Å²) >= 11 is 3.64. The highest BCUT2D eigenvalue weighted by atomic mass is 79.9. The smallest absolute Gasteiger partial charge is 0.0245 e. The molecule has 0 radical (unpaired) electrons. The third-order valence-corrected chi connectivity index (χ3v) is 4.33. The fourth-order valence-corrected chi connectivity index (χ4v) is 2.73. The summed E-state index contributed by atoms with van der Waals surface area (Å²) in [4.78, 5) is 2.45. The maximum atomic E-state index is 3.64. The first-order chi connectivity index (χ1) is 9.20. The first-order valence-corrected chi connectivity index (χ1v) is 8.18. The molecule has 0 amide bonds. The van der Waals surface area contributed by atoms with Gasteiger partial charge in [0.05, 0.1) is 0 Å². The summed E-state index contributed by atoms with van der Waals surface area (Å²) in [6.07, 6.45) is 0. The van der Waals surface area contributed by atoms with Crippen molar-refractivity contribution in [2.45, 2.75) is 52.7 Å². The molecule has 0 spiro atoms. The highest BCUT2D eigenvalue weighted by Crippen LogP contribution is 2.20. The molecule has 1 N–H and O–H groups in total. The highest BCUT2D eigenvalue weighted by molar-refractivity contribution is 9.10. The molecule has 0 aliphatic rings. The molecule has 0 fully saturated rings. The Labute approximate surface area is 133 Å². The van der Waals surface area contributed by atoms with E-state index in [1.807, 2.05) is 0 Å². The van der Waals surface area contributed by atoms with E-state index in [1.54, 1.807) is 0 Å². The quantitative estimate of drug-likeness (QED) is 0.830. The van der Waals surface area contributed by atoms with Gasteiger partial charge in [-0.05, 0) is 45.4 Å². The summed E-state index contributed by atoms with van der Waals surface area (Å²) in [6.45, 7) is 13.2. The van der Waals surface area contributed by atoms with Gasteiger partial charge in [0, 0.05) is 29.1 Å². The molecule has 3 heteroatoms. The van der Waals surface area contributed by atoms with Crippen LogP contribution in [-0.4, -0.2) is 30.1 Å². The molecule has 0 bridgehead atoms. The van der Waals surface area contributed by atoms with Crippen LogP contribution in [0.4, 0.5) is 0 Å². The van der Waals surface area contributed by atoms with Crippen molar-refractivity contribution in [2.75, 3.05) is 13.6 Å². The van der Waals surface area contributed by atoms with Crippen molar-refractivity contribution < 1.29 is 0 Å². The summed E-state index contributed by atoms with van der Waals surface area (Å²) in [6, 6.07) is 9.00. The van der Waals surface area contributed by atoms with Gasteiger partial charge in [-0.2, -0.15) is 0 Å². The number of rotatable bonds is 6. The molecular formula is C17H29BrN2. The van der Waals surface area contributed by atoms with Crippen LogP contribution in [0, 0.1) is 5.92 Å². The van der Waals surface area contributed by atoms with Crippen molar-refractivity contribution in [1.29, 1.82) is 0 Å². The summed E-state index contributed by atoms with van der Waals surface area (Å²) in [5.41, 5.74) is 1.51. The number of hydrogen-bond donors (Lipinski definition) is 1. The number of hydrogen-bond acceptors (Lipinski definition) is 2. The molecule has 1 aromatic carbocycles. The molecule has 0 saturated heterocycles. The van der Waals surface area contributed by atoms with Crippen LogP contribution < -0.4 is 5.32 Å². The lowest BCUT2D eigenvalue weighted by atomic mass is 10.00. The van der Waals surface area contributed by atoms with E-state index in [4.69, 9.17) is 0 Å². The molecule has 0 saturated carbocycles. The number of nitrogens with one attached hydrogen (secondary N) is 1. The van der Waals surface area contributed by atoms with Gasteiger partial charge in [0.25, 0.3) is 0 Å². The third-order valence-electron chi connectivity index (χ3n) is 3.55. The largest absolute Gasteiger partial charge is 0.311 e. The SMILES string of the molecule is CC(C)C(CNC(C)(C)C)N(C)Cc1ccccc1Br. The van der Waals surface area contributed by atoms with E-state index in [0.29, 0.717) is 12.0 Å². The molecular weight excluding hydrogens is 312 g/mol. The van der Waals surface area contributed by atoms with E-state index in [-0.39, 0.29) is 5.54 Å². The van der Waals surface area contributed by atoms with E-state index in [9.17, 15) is 0 Å². The van der Waals surface area contributed by atoms with Gasteiger partial charge in [-0.25, -0.2) is 0 Å². The van der Waals surface area contributed by atoms with Crippen LogP contribution in [0.25, 0.3) is 0 Å². The van der Waals surface area contributed by atoms with Crippen molar-refractivity contribution in [3.63, 3.8) is 0 Å². The van der Waals surface area contributed by atoms with Crippen LogP contribution in [0.2, 0.25) is 0 Å². The summed E-state index contributed by atoms with van der Waals surface area (Å²) in [5, 5.41) is 3.63. The summed E-state index contributed by atoms with van der Waals surface area (Å²) in [7, 11) is 2.22. The zero-order valence-electron chi connectivity index (χ0n) is 13.7. The fourth-order valence-electron chi connectivity index (χ4n) is 2.32. The first-order valence-electron chi connectivity index (χ1n) is 7.39. The molecule has 0 heterocycles. The van der Waals surface area contributed by atoms with Crippen molar-refractivity contribution in [2.24, 2.45) is 5.92 Å². The van der Waals surface area contributed by atoms with Crippen molar-refractivity contribution in [3.05, 3.63) is 34.3 Å². The van der Waals surface area contributed by atoms with Gasteiger partial charge in [-0.3, -0.25) is 4.90 Å². The predicted molar refractivity (Wildman–Crippen MR) is 92.0 cm³/mol. The highest BCUT2D eigenvalue weighted by Gasteiger charge is 2.21. The number of benzene rings is 1. The van der Waals surface area contributed by atoms with Gasteiger partial charge in [-0.15, -0.1) is 0 Å². The number of halogens is 1. The van der Waals surface area contributed by atoms with E-state index in [2.05, 4.69) is 92.1 Å². The minimum absolute atomic E-state index is 0.168. The van der Waals surface area contributed by atoms with Crippen LogP contribution in [0.15, 0.2) is 28.7 Å². The predicted octanol–water partition coefficient (Wildman–Crippen LogP) is 4.29. The molecule has 0 aromatic heterocycles. The first kappa shape index (κ1) is 17.7. The van der Waals surface area contributed by atoms with Crippen LogP contribution in [-0.2, 0) is 6.54 Å². The zero-order valence-corrected chi connectivity index (χ0v) is 15.3. The van der Waals surface area contributed by atoms with Gasteiger partial charge in [0.2, 0.25) is 0 Å². The molecule has 0 aliphatic carbocycles. The Morgan fingerprint density at radius 2 is 1.80 bits per heavy atom. The minimum atomic E-state index is 0.168. The minimum Gasteiger partial charge on any atom is -0.311 e. The Bertz CT molecular complexity index is 410. The molecule has 20 heavy (non-hydrogen) atoms. The molecule has 1 rings (SSSR count). The third kappa shape index (κ3) is 5.94. The van der Waals surface area contributed by atoms with Crippen molar-refractivity contribution in [3.8, 4) is 0 Å². The monoisotopic (exact) mass is 340 g/mol. The van der Waals surface area contributed by atoms with Gasteiger partial charge < -0.3 is 5.32 Å². The Kier molecular flexibility index (Phi) is 6.70. The van der Waals surface area contributed by atoms with Crippen molar-refractivity contribution in [1.82, 2.24) is 10.2 Å². The van der Waals surface area contributed by atoms with E-state index in [1.165, 1.54) is 10.0 Å². The summed E-state index contributed by atoms with van der Waals surface area (Å²) in [5.74, 6) is 0.623. The second kappa shape index (κ2) is 7.58. The molecule has 2 nitrogen and oxygen atoms in total. The fraction of sp³-hybridized carbons (Fsp3) is 0.647. The standard InChI is InChI=1S/C17H29BrN2/c1-13(2)16(11-19-17(3,4)5)20(6)12-14-9-7-8-10-15(14)18/h7-10,13,16,19H,11-12H2,1-6H3. The van der Waals surface area contributed by atoms with E-state index >= 15 is 0 Å². The number of likely N-dealkylation sites (N-methyl/N-ethyl adjacent to an activating group) is 1. The van der Waals surface area contributed by atoms with Gasteiger partial charge in [0.15, 0.2) is 0 Å².